The van der Waals surface area contributed by atoms with Crippen molar-refractivity contribution in [1.82, 2.24) is 10.3 Å². The van der Waals surface area contributed by atoms with E-state index in [1.807, 2.05) is 36.7 Å². The monoisotopic (exact) mass is 326 g/mol. The van der Waals surface area contributed by atoms with Crippen LogP contribution in [0.2, 0.25) is 0 Å². The van der Waals surface area contributed by atoms with Crippen molar-refractivity contribution < 1.29 is 14.3 Å². The highest BCUT2D eigenvalue weighted by molar-refractivity contribution is 5.94. The first-order valence-electron chi connectivity index (χ1n) is 8.04. The van der Waals surface area contributed by atoms with E-state index in [0.29, 0.717) is 5.56 Å². The van der Waals surface area contributed by atoms with Gasteiger partial charge in [0.25, 0.3) is 5.91 Å². The molecule has 1 aromatic carbocycles. The number of unbranched alkanes of at least 4 members (excludes halogenated alkanes) is 1. The number of esters is 1. The van der Waals surface area contributed by atoms with Crippen molar-refractivity contribution in [1.29, 1.82) is 0 Å². The summed E-state index contributed by atoms with van der Waals surface area (Å²) in [6.45, 7) is 1.19. The van der Waals surface area contributed by atoms with Crippen molar-refractivity contribution in [3.8, 4) is 0 Å². The molecule has 0 aliphatic carbocycles. The van der Waals surface area contributed by atoms with Crippen molar-refractivity contribution in [3.05, 3.63) is 65.5 Å². The highest BCUT2D eigenvalue weighted by Gasteiger charge is 2.05. The largest absolute Gasteiger partial charge is 0.445 e. The number of benzene rings is 1. The summed E-state index contributed by atoms with van der Waals surface area (Å²) >= 11 is 0. The van der Waals surface area contributed by atoms with Gasteiger partial charge in [0, 0.05) is 24.9 Å². The van der Waals surface area contributed by atoms with E-state index >= 15 is 0 Å². The number of nitrogens with one attached hydrogen (secondary N) is 1. The van der Waals surface area contributed by atoms with Gasteiger partial charge in [0.2, 0.25) is 0 Å². The SMILES string of the molecule is CC(=O)OCNC(=O)c1ccc(CCCCc2ccncc2)cc1. The van der Waals surface area contributed by atoms with E-state index in [4.69, 9.17) is 0 Å². The molecular weight excluding hydrogens is 304 g/mol. The van der Waals surface area contributed by atoms with Gasteiger partial charge in [-0.2, -0.15) is 0 Å². The van der Waals surface area contributed by atoms with Crippen LogP contribution >= 0.6 is 0 Å². The Labute approximate surface area is 142 Å². The van der Waals surface area contributed by atoms with Gasteiger partial charge in [0.05, 0.1) is 0 Å². The third kappa shape index (κ3) is 6.20. The Morgan fingerprint density at radius 3 is 2.12 bits per heavy atom. The molecule has 0 fully saturated rings. The summed E-state index contributed by atoms with van der Waals surface area (Å²) in [7, 11) is 0. The molecule has 24 heavy (non-hydrogen) atoms. The third-order valence-electron chi connectivity index (χ3n) is 3.65. The van der Waals surface area contributed by atoms with Crippen LogP contribution < -0.4 is 5.32 Å². The summed E-state index contributed by atoms with van der Waals surface area (Å²) < 4.78 is 4.68. The van der Waals surface area contributed by atoms with E-state index in [-0.39, 0.29) is 12.6 Å². The molecule has 2 rings (SSSR count). The second-order valence-electron chi connectivity index (χ2n) is 5.55. The first kappa shape index (κ1) is 17.7. The smallest absolute Gasteiger partial charge is 0.304 e. The Kier molecular flexibility index (Phi) is 6.95. The fourth-order valence-corrected chi connectivity index (χ4v) is 2.34. The van der Waals surface area contributed by atoms with Crippen LogP contribution in [0.15, 0.2) is 48.8 Å². The molecule has 0 unspecified atom stereocenters. The lowest BCUT2D eigenvalue weighted by atomic mass is 10.0. The fourth-order valence-electron chi connectivity index (χ4n) is 2.34. The number of rotatable bonds is 8. The Balaban J connectivity index is 1.71. The molecule has 126 valence electrons. The van der Waals surface area contributed by atoms with Crippen LogP contribution in [0.25, 0.3) is 0 Å². The lowest BCUT2D eigenvalue weighted by molar-refractivity contribution is -0.141. The minimum Gasteiger partial charge on any atom is -0.445 e. The molecule has 0 atom stereocenters. The van der Waals surface area contributed by atoms with Crippen LogP contribution in [0.5, 0.6) is 0 Å². The first-order chi connectivity index (χ1) is 11.6. The number of amides is 1. The Morgan fingerprint density at radius 1 is 0.958 bits per heavy atom. The molecule has 0 saturated carbocycles. The van der Waals surface area contributed by atoms with Gasteiger partial charge >= 0.3 is 5.97 Å². The van der Waals surface area contributed by atoms with E-state index in [0.717, 1.165) is 25.7 Å². The van der Waals surface area contributed by atoms with Crippen LogP contribution in [0.1, 0.15) is 41.3 Å². The van der Waals surface area contributed by atoms with E-state index in [1.165, 1.54) is 18.1 Å². The van der Waals surface area contributed by atoms with E-state index in [2.05, 4.69) is 15.0 Å². The zero-order valence-electron chi connectivity index (χ0n) is 13.8. The average molecular weight is 326 g/mol. The molecule has 0 spiro atoms. The van der Waals surface area contributed by atoms with E-state index < -0.39 is 5.97 Å². The summed E-state index contributed by atoms with van der Waals surface area (Å²) in [5, 5.41) is 2.53. The normalized spacial score (nSPS) is 10.2. The number of hydrogen-bond donors (Lipinski definition) is 1. The van der Waals surface area contributed by atoms with Gasteiger partial charge in [0.15, 0.2) is 6.73 Å². The van der Waals surface area contributed by atoms with Crippen molar-refractivity contribution in [2.75, 3.05) is 6.73 Å². The molecule has 5 nitrogen and oxygen atoms in total. The number of ether oxygens (including phenoxy) is 1. The standard InChI is InChI=1S/C19H22N2O3/c1-15(22)24-14-21-19(23)18-8-6-16(7-9-18)4-2-3-5-17-10-12-20-13-11-17/h6-13H,2-5,14H2,1H3,(H,21,23). The van der Waals surface area contributed by atoms with Crippen molar-refractivity contribution in [3.63, 3.8) is 0 Å². The number of nitrogens with zero attached hydrogens (tertiary/aromatic N) is 1. The van der Waals surface area contributed by atoms with Crippen LogP contribution in [-0.4, -0.2) is 23.6 Å². The van der Waals surface area contributed by atoms with Gasteiger partial charge in [-0.05, 0) is 61.1 Å². The van der Waals surface area contributed by atoms with Gasteiger partial charge < -0.3 is 10.1 Å². The zero-order chi connectivity index (χ0) is 17.2. The molecule has 0 bridgehead atoms. The quantitative estimate of drug-likeness (QED) is 0.460. The van der Waals surface area contributed by atoms with Gasteiger partial charge in [-0.25, -0.2) is 0 Å². The van der Waals surface area contributed by atoms with Crippen LogP contribution in [0, 0.1) is 0 Å². The molecule has 0 radical (unpaired) electrons. The molecule has 1 heterocycles. The number of carbonyl (C=O) groups is 2. The van der Waals surface area contributed by atoms with E-state index in [1.54, 1.807) is 12.1 Å². The van der Waals surface area contributed by atoms with Gasteiger partial charge in [-0.3, -0.25) is 14.6 Å². The number of aromatic nitrogens is 1. The Morgan fingerprint density at radius 2 is 1.54 bits per heavy atom. The number of pyridine rings is 1. The maximum Gasteiger partial charge on any atom is 0.304 e. The minimum absolute atomic E-state index is 0.106. The van der Waals surface area contributed by atoms with Crippen LogP contribution in [0.3, 0.4) is 0 Å². The van der Waals surface area contributed by atoms with Gasteiger partial charge in [0.1, 0.15) is 0 Å². The molecule has 1 aromatic heterocycles. The zero-order valence-corrected chi connectivity index (χ0v) is 13.8. The van der Waals surface area contributed by atoms with Crippen molar-refractivity contribution in [2.24, 2.45) is 0 Å². The maximum absolute atomic E-state index is 11.8. The summed E-state index contributed by atoms with van der Waals surface area (Å²) in [4.78, 5) is 26.5. The number of aryl methyl sites for hydroxylation is 2. The van der Waals surface area contributed by atoms with Crippen molar-refractivity contribution >= 4 is 11.9 Å². The topological polar surface area (TPSA) is 68.3 Å². The fraction of sp³-hybridized carbons (Fsp3) is 0.316. The summed E-state index contributed by atoms with van der Waals surface area (Å²) in [6.07, 6.45) is 7.90. The van der Waals surface area contributed by atoms with Crippen molar-refractivity contribution in [2.45, 2.75) is 32.6 Å². The third-order valence-corrected chi connectivity index (χ3v) is 3.65. The predicted octanol–water partition coefficient (Wildman–Crippen LogP) is 2.90. The molecule has 0 aliphatic rings. The number of carbonyl (C=O) groups excluding carboxylic acids is 2. The predicted molar refractivity (Wildman–Crippen MR) is 91.4 cm³/mol. The molecule has 1 N–H and O–H groups in total. The Hall–Kier alpha value is -2.69. The van der Waals surface area contributed by atoms with E-state index in [9.17, 15) is 9.59 Å². The summed E-state index contributed by atoms with van der Waals surface area (Å²) in [6, 6.07) is 11.6. The lowest BCUT2D eigenvalue weighted by Gasteiger charge is -2.06. The highest BCUT2D eigenvalue weighted by atomic mass is 16.5. The first-order valence-corrected chi connectivity index (χ1v) is 8.04. The Bertz CT molecular complexity index is 654. The number of hydrogen-bond acceptors (Lipinski definition) is 4. The molecule has 0 saturated heterocycles. The van der Waals surface area contributed by atoms with Crippen LogP contribution in [-0.2, 0) is 22.4 Å². The molecule has 0 aliphatic heterocycles. The highest BCUT2D eigenvalue weighted by Crippen LogP contribution is 2.10. The molecule has 2 aromatic rings. The molecule has 1 amide bonds. The second kappa shape index (κ2) is 9.45. The summed E-state index contributed by atoms with van der Waals surface area (Å²) in [5.74, 6) is -0.669. The molecule has 5 heteroatoms. The van der Waals surface area contributed by atoms with Gasteiger partial charge in [-0.15, -0.1) is 0 Å². The lowest BCUT2D eigenvalue weighted by Crippen LogP contribution is -2.27. The molecular formula is C19H22N2O3. The van der Waals surface area contributed by atoms with Gasteiger partial charge in [-0.1, -0.05) is 12.1 Å². The average Bonchev–Trinajstić information content (AvgIpc) is 2.60. The summed E-state index contributed by atoms with van der Waals surface area (Å²) in [5.41, 5.74) is 3.08. The minimum atomic E-state index is -0.419. The van der Waals surface area contributed by atoms with Crippen LogP contribution in [0.4, 0.5) is 0 Å². The second-order valence-corrected chi connectivity index (χ2v) is 5.55. The maximum atomic E-state index is 11.8.